The smallest absolute Gasteiger partial charge is 0.184 e. The highest BCUT2D eigenvalue weighted by molar-refractivity contribution is 5.63. The van der Waals surface area contributed by atoms with Crippen LogP contribution in [0.2, 0.25) is 0 Å². The van der Waals surface area contributed by atoms with E-state index in [9.17, 15) is 0 Å². The van der Waals surface area contributed by atoms with E-state index in [1.807, 2.05) is 24.3 Å². The topological polar surface area (TPSA) is 76.8 Å². The minimum atomic E-state index is 0.556. The van der Waals surface area contributed by atoms with Gasteiger partial charge in [-0.1, -0.05) is 12.1 Å². The summed E-state index contributed by atoms with van der Waals surface area (Å²) in [6, 6.07) is 7.65. The largest absolute Gasteiger partial charge is 0.496 e. The monoisotopic (exact) mass is 218 g/mol. The van der Waals surface area contributed by atoms with Crippen molar-refractivity contribution in [3.63, 3.8) is 0 Å². The number of ether oxygens (including phenoxy) is 1. The van der Waals surface area contributed by atoms with Crippen LogP contribution < -0.4 is 10.5 Å². The highest BCUT2D eigenvalue weighted by Gasteiger charge is 2.09. The van der Waals surface area contributed by atoms with Crippen LogP contribution in [0.3, 0.4) is 0 Å². The SMILES string of the molecule is COc1ccccc1-c1n[nH]c(CCN)n1. The first-order chi connectivity index (χ1) is 7.85. The third-order valence-corrected chi connectivity index (χ3v) is 2.26. The molecule has 0 aliphatic carbocycles. The van der Waals surface area contributed by atoms with E-state index in [0.29, 0.717) is 18.8 Å². The number of hydrogen-bond acceptors (Lipinski definition) is 4. The number of rotatable bonds is 4. The second-order valence-corrected chi connectivity index (χ2v) is 3.34. The van der Waals surface area contributed by atoms with Gasteiger partial charge < -0.3 is 10.5 Å². The van der Waals surface area contributed by atoms with E-state index in [0.717, 1.165) is 17.1 Å². The van der Waals surface area contributed by atoms with Crippen LogP contribution in [0.5, 0.6) is 5.75 Å². The maximum Gasteiger partial charge on any atom is 0.184 e. The predicted octanol–water partition coefficient (Wildman–Crippen LogP) is 0.981. The van der Waals surface area contributed by atoms with E-state index in [-0.39, 0.29) is 0 Å². The zero-order valence-corrected chi connectivity index (χ0v) is 9.10. The molecule has 5 nitrogen and oxygen atoms in total. The number of aromatic nitrogens is 3. The number of nitrogens with zero attached hydrogens (tertiary/aromatic N) is 2. The molecule has 0 fully saturated rings. The lowest BCUT2D eigenvalue weighted by molar-refractivity contribution is 0.416. The summed E-state index contributed by atoms with van der Waals surface area (Å²) in [6.45, 7) is 0.556. The number of methoxy groups -OCH3 is 1. The normalized spacial score (nSPS) is 10.4. The van der Waals surface area contributed by atoms with Gasteiger partial charge in [0.1, 0.15) is 11.6 Å². The van der Waals surface area contributed by atoms with Crippen molar-refractivity contribution >= 4 is 0 Å². The van der Waals surface area contributed by atoms with Crippen molar-refractivity contribution in [1.29, 1.82) is 0 Å². The molecule has 16 heavy (non-hydrogen) atoms. The zero-order valence-electron chi connectivity index (χ0n) is 9.10. The summed E-state index contributed by atoms with van der Waals surface area (Å²) in [5.41, 5.74) is 6.33. The molecule has 84 valence electrons. The summed E-state index contributed by atoms with van der Waals surface area (Å²) in [4.78, 5) is 4.35. The second kappa shape index (κ2) is 4.76. The molecule has 2 rings (SSSR count). The fraction of sp³-hybridized carbons (Fsp3) is 0.273. The van der Waals surface area contributed by atoms with Crippen LogP contribution in [-0.4, -0.2) is 28.8 Å². The third kappa shape index (κ3) is 2.04. The Labute approximate surface area is 93.7 Å². The molecule has 3 N–H and O–H groups in total. The molecule has 0 bridgehead atoms. The van der Waals surface area contributed by atoms with Crippen molar-refractivity contribution in [1.82, 2.24) is 15.2 Å². The maximum atomic E-state index is 5.45. The number of nitrogens with two attached hydrogens (primary N) is 1. The minimum Gasteiger partial charge on any atom is -0.496 e. The molecule has 0 radical (unpaired) electrons. The molecule has 0 atom stereocenters. The first-order valence-corrected chi connectivity index (χ1v) is 5.10. The molecule has 0 saturated carbocycles. The van der Waals surface area contributed by atoms with Gasteiger partial charge in [-0.2, -0.15) is 5.10 Å². The van der Waals surface area contributed by atoms with Crippen molar-refractivity contribution < 1.29 is 4.74 Å². The quantitative estimate of drug-likeness (QED) is 0.802. The molecule has 0 amide bonds. The molecular weight excluding hydrogens is 204 g/mol. The molecule has 0 aliphatic rings. The van der Waals surface area contributed by atoms with Gasteiger partial charge in [0.15, 0.2) is 5.82 Å². The van der Waals surface area contributed by atoms with Gasteiger partial charge in [0.05, 0.1) is 12.7 Å². The van der Waals surface area contributed by atoms with Crippen LogP contribution in [0.4, 0.5) is 0 Å². The Morgan fingerprint density at radius 3 is 2.94 bits per heavy atom. The highest BCUT2D eigenvalue weighted by Crippen LogP contribution is 2.26. The number of aromatic amines is 1. The fourth-order valence-electron chi connectivity index (χ4n) is 1.49. The Kier molecular flexibility index (Phi) is 3.16. The van der Waals surface area contributed by atoms with Gasteiger partial charge in [-0.25, -0.2) is 4.98 Å². The molecule has 1 aromatic carbocycles. The first kappa shape index (κ1) is 10.6. The van der Waals surface area contributed by atoms with E-state index in [1.54, 1.807) is 7.11 Å². The number of hydrogen-bond donors (Lipinski definition) is 2. The van der Waals surface area contributed by atoms with E-state index in [4.69, 9.17) is 10.5 Å². The molecule has 2 aromatic rings. The minimum absolute atomic E-state index is 0.556. The van der Waals surface area contributed by atoms with Gasteiger partial charge in [-0.3, -0.25) is 5.10 Å². The van der Waals surface area contributed by atoms with Crippen molar-refractivity contribution in [2.24, 2.45) is 5.73 Å². The van der Waals surface area contributed by atoms with Crippen molar-refractivity contribution in [2.45, 2.75) is 6.42 Å². The summed E-state index contributed by atoms with van der Waals surface area (Å²) in [7, 11) is 1.63. The predicted molar refractivity (Wildman–Crippen MR) is 61.1 cm³/mol. The Morgan fingerprint density at radius 2 is 2.19 bits per heavy atom. The van der Waals surface area contributed by atoms with E-state index in [1.165, 1.54) is 0 Å². The van der Waals surface area contributed by atoms with Crippen LogP contribution in [0.1, 0.15) is 5.82 Å². The van der Waals surface area contributed by atoms with Crippen LogP contribution >= 0.6 is 0 Å². The van der Waals surface area contributed by atoms with Gasteiger partial charge in [0, 0.05) is 6.42 Å². The maximum absolute atomic E-state index is 5.45. The van der Waals surface area contributed by atoms with Crippen molar-refractivity contribution in [2.75, 3.05) is 13.7 Å². The van der Waals surface area contributed by atoms with E-state index in [2.05, 4.69) is 15.2 Å². The number of benzene rings is 1. The average Bonchev–Trinajstić information content (AvgIpc) is 2.78. The van der Waals surface area contributed by atoms with Gasteiger partial charge >= 0.3 is 0 Å². The molecule has 0 aliphatic heterocycles. The fourth-order valence-corrected chi connectivity index (χ4v) is 1.49. The van der Waals surface area contributed by atoms with Crippen molar-refractivity contribution in [3.8, 4) is 17.1 Å². The van der Waals surface area contributed by atoms with Crippen molar-refractivity contribution in [3.05, 3.63) is 30.1 Å². The van der Waals surface area contributed by atoms with Gasteiger partial charge in [0.25, 0.3) is 0 Å². The highest BCUT2D eigenvalue weighted by atomic mass is 16.5. The summed E-state index contributed by atoms with van der Waals surface area (Å²) in [6.07, 6.45) is 0.697. The van der Waals surface area contributed by atoms with Gasteiger partial charge in [-0.15, -0.1) is 0 Å². The van der Waals surface area contributed by atoms with Crippen LogP contribution in [0, 0.1) is 0 Å². The number of nitrogens with one attached hydrogen (secondary N) is 1. The Morgan fingerprint density at radius 1 is 1.38 bits per heavy atom. The lowest BCUT2D eigenvalue weighted by atomic mass is 10.2. The van der Waals surface area contributed by atoms with Crippen LogP contribution in [0.25, 0.3) is 11.4 Å². The molecule has 1 heterocycles. The summed E-state index contributed by atoms with van der Waals surface area (Å²) >= 11 is 0. The lowest BCUT2D eigenvalue weighted by Crippen LogP contribution is -2.03. The van der Waals surface area contributed by atoms with E-state index < -0.39 is 0 Å². The summed E-state index contributed by atoms with van der Waals surface area (Å²) < 4.78 is 5.25. The Hall–Kier alpha value is -1.88. The molecular formula is C11H14N4O. The van der Waals surface area contributed by atoms with Gasteiger partial charge in [-0.05, 0) is 18.7 Å². The average molecular weight is 218 g/mol. The first-order valence-electron chi connectivity index (χ1n) is 5.10. The second-order valence-electron chi connectivity index (χ2n) is 3.34. The molecule has 1 aromatic heterocycles. The lowest BCUT2D eigenvalue weighted by Gasteiger charge is -2.03. The van der Waals surface area contributed by atoms with Crippen LogP contribution in [-0.2, 0) is 6.42 Å². The third-order valence-electron chi connectivity index (χ3n) is 2.26. The summed E-state index contributed by atoms with van der Waals surface area (Å²) in [5, 5.41) is 7.00. The Balaban J connectivity index is 2.34. The van der Waals surface area contributed by atoms with Gasteiger partial charge in [0.2, 0.25) is 0 Å². The molecule has 5 heteroatoms. The molecule has 0 spiro atoms. The molecule has 0 saturated heterocycles. The molecule has 0 unspecified atom stereocenters. The van der Waals surface area contributed by atoms with E-state index >= 15 is 0 Å². The summed E-state index contributed by atoms with van der Waals surface area (Å²) in [5.74, 6) is 2.20. The standard InChI is InChI=1S/C11H14N4O/c1-16-9-5-3-2-4-8(9)11-13-10(6-7-12)14-15-11/h2-5H,6-7,12H2,1H3,(H,13,14,15). The number of para-hydroxylation sites is 1. The number of H-pyrrole nitrogens is 1. The zero-order chi connectivity index (χ0) is 11.4. The Bertz CT molecular complexity index is 467. The van der Waals surface area contributed by atoms with Crippen LogP contribution in [0.15, 0.2) is 24.3 Å².